The number of carbonyl (C=O) groups is 2. The van der Waals surface area contributed by atoms with E-state index in [4.69, 9.17) is 28.9 Å². The van der Waals surface area contributed by atoms with Gasteiger partial charge in [0.25, 0.3) is 11.8 Å². The zero-order valence-corrected chi connectivity index (χ0v) is 28.1. The zero-order valence-electron chi connectivity index (χ0n) is 26.6. The second-order valence-electron chi connectivity index (χ2n) is 12.0. The predicted octanol–water partition coefficient (Wildman–Crippen LogP) is 7.76. The molecule has 0 aliphatic heterocycles. The Morgan fingerprint density at radius 2 is 1.02 bits per heavy atom. The third-order valence-electron chi connectivity index (χ3n) is 8.66. The van der Waals surface area contributed by atoms with Gasteiger partial charge >= 0.3 is 0 Å². The van der Waals surface area contributed by atoms with Crippen LogP contribution in [0.25, 0.3) is 32.7 Å². The lowest BCUT2D eigenvalue weighted by Gasteiger charge is -2.25. The Kier molecular flexibility index (Phi) is 8.77. The first kappa shape index (κ1) is 34.0. The van der Waals surface area contributed by atoms with Crippen LogP contribution in [0, 0.1) is 13.8 Å². The van der Waals surface area contributed by atoms with Gasteiger partial charge in [0.1, 0.15) is 11.5 Å². The van der Waals surface area contributed by atoms with E-state index in [2.05, 4.69) is 0 Å². The molecule has 0 atom stereocenters. The van der Waals surface area contributed by atoms with E-state index in [9.17, 15) is 40.2 Å². The maximum Gasteiger partial charge on any atom is 0.259 e. The molecule has 6 aromatic rings. The summed E-state index contributed by atoms with van der Waals surface area (Å²) in [4.78, 5) is 28.1. The van der Waals surface area contributed by atoms with Crippen LogP contribution >= 0.6 is 23.2 Å². The highest BCUT2D eigenvalue weighted by atomic mass is 35.5. The van der Waals surface area contributed by atoms with Crippen molar-refractivity contribution < 1.29 is 40.2 Å². The Labute approximate surface area is 295 Å². The lowest BCUT2D eigenvalue weighted by atomic mass is 9.87. The van der Waals surface area contributed by atoms with Crippen molar-refractivity contribution in [2.75, 3.05) is 0 Å². The van der Waals surface area contributed by atoms with Crippen LogP contribution in [0.1, 0.15) is 43.0 Å². The number of phenolic OH excluding ortho intramolecular Hbond substituents is 5. The van der Waals surface area contributed by atoms with Gasteiger partial charge in [-0.2, -0.15) is 0 Å². The largest absolute Gasteiger partial charge is 0.507 e. The smallest absolute Gasteiger partial charge is 0.259 e. The SMILES string of the molecule is Cc1cc2c(C(N)=O)c(O)c(O)cc2c(O)c1-c1c(C)cc2c(C(=O)N(Cc3cccc(Cl)c3)Cc3cccc(Cl)c3)c(O)c(O)cc2c1O. The molecule has 254 valence electrons. The van der Waals surface area contributed by atoms with E-state index >= 15 is 0 Å². The minimum atomic E-state index is -1.04. The second-order valence-corrected chi connectivity index (χ2v) is 12.9. The molecule has 0 aliphatic carbocycles. The van der Waals surface area contributed by atoms with Gasteiger partial charge in [0.15, 0.2) is 23.0 Å². The number of aromatic hydroxyl groups is 6. The fourth-order valence-corrected chi connectivity index (χ4v) is 6.85. The second kappa shape index (κ2) is 12.9. The lowest BCUT2D eigenvalue weighted by Crippen LogP contribution is -2.30. The maximum atomic E-state index is 14.5. The molecule has 0 aliphatic rings. The first-order chi connectivity index (χ1) is 23.7. The molecule has 0 fully saturated rings. The van der Waals surface area contributed by atoms with Gasteiger partial charge in [0, 0.05) is 55.8 Å². The number of benzene rings is 6. The first-order valence-electron chi connectivity index (χ1n) is 15.2. The van der Waals surface area contributed by atoms with Crippen molar-refractivity contribution in [3.05, 3.63) is 116 Å². The van der Waals surface area contributed by atoms with Crippen molar-refractivity contribution in [3.63, 3.8) is 0 Å². The fourth-order valence-electron chi connectivity index (χ4n) is 6.42. The predicted molar refractivity (Wildman–Crippen MR) is 191 cm³/mol. The molecule has 6 rings (SSSR count). The Morgan fingerprint density at radius 3 is 1.44 bits per heavy atom. The molecule has 0 saturated heterocycles. The number of fused-ring (bicyclic) bond motifs is 2. The summed E-state index contributed by atoms with van der Waals surface area (Å²) in [6.07, 6.45) is 0. The quantitative estimate of drug-likeness (QED) is 0.0819. The zero-order chi connectivity index (χ0) is 36.2. The molecule has 12 heteroatoms. The average molecular weight is 714 g/mol. The van der Waals surface area contributed by atoms with Crippen LogP contribution in [-0.2, 0) is 13.1 Å². The lowest BCUT2D eigenvalue weighted by molar-refractivity contribution is 0.0728. The van der Waals surface area contributed by atoms with Crippen molar-refractivity contribution in [2.24, 2.45) is 5.73 Å². The number of nitrogens with zero attached hydrogens (tertiary/aromatic N) is 1. The molecule has 0 radical (unpaired) electrons. The molecule has 0 saturated carbocycles. The van der Waals surface area contributed by atoms with Crippen molar-refractivity contribution in [3.8, 4) is 45.6 Å². The Bertz CT molecular complexity index is 2360. The highest BCUT2D eigenvalue weighted by molar-refractivity contribution is 6.31. The molecule has 0 heterocycles. The van der Waals surface area contributed by atoms with Crippen molar-refractivity contribution in [1.82, 2.24) is 4.90 Å². The van der Waals surface area contributed by atoms with Crippen LogP contribution in [-0.4, -0.2) is 47.4 Å². The van der Waals surface area contributed by atoms with Crippen LogP contribution in [0.4, 0.5) is 0 Å². The molecule has 2 amide bonds. The molecule has 0 bridgehead atoms. The van der Waals surface area contributed by atoms with E-state index < -0.39 is 51.9 Å². The summed E-state index contributed by atoms with van der Waals surface area (Å²) in [6.45, 7) is 3.34. The molecule has 50 heavy (non-hydrogen) atoms. The molecular weight excluding hydrogens is 683 g/mol. The number of nitrogens with two attached hydrogens (primary N) is 1. The molecule has 0 aromatic heterocycles. The van der Waals surface area contributed by atoms with Crippen molar-refractivity contribution in [1.29, 1.82) is 0 Å². The monoisotopic (exact) mass is 712 g/mol. The molecule has 0 unspecified atom stereocenters. The standard InChI is InChI=1S/C38H30Cl2N2O8/c1-17-9-23-25(13-27(43)35(47)31(23)37(41)49)33(45)29(17)30-18(2)10-24-26(34(30)46)14-28(44)36(48)32(24)38(50)42(15-19-5-3-7-21(39)11-19)16-20-6-4-8-22(40)12-20/h3-14,43-48H,15-16H2,1-2H3,(H2,41,49). The van der Waals surface area contributed by atoms with E-state index in [0.717, 1.165) is 12.1 Å². The minimum Gasteiger partial charge on any atom is -0.507 e. The summed E-state index contributed by atoms with van der Waals surface area (Å²) in [7, 11) is 0. The van der Waals surface area contributed by atoms with Gasteiger partial charge < -0.3 is 41.3 Å². The van der Waals surface area contributed by atoms with E-state index in [0.29, 0.717) is 32.3 Å². The number of halogens is 2. The van der Waals surface area contributed by atoms with E-state index in [-0.39, 0.29) is 51.3 Å². The van der Waals surface area contributed by atoms with E-state index in [1.165, 1.54) is 11.0 Å². The van der Waals surface area contributed by atoms with Crippen molar-refractivity contribution >= 4 is 56.6 Å². The van der Waals surface area contributed by atoms with Crippen LogP contribution in [0.2, 0.25) is 10.0 Å². The molecule has 6 aromatic carbocycles. The van der Waals surface area contributed by atoms with Gasteiger partial charge in [-0.05, 0) is 84.6 Å². The number of carbonyl (C=O) groups excluding carboxylic acids is 2. The van der Waals surface area contributed by atoms with E-state index in [1.807, 2.05) is 0 Å². The Hall–Kier alpha value is -5.84. The fraction of sp³-hybridized carbons (Fsp3) is 0.105. The number of rotatable bonds is 7. The summed E-state index contributed by atoms with van der Waals surface area (Å²) in [5.41, 5.74) is 7.13. The molecular formula is C38H30Cl2N2O8. The average Bonchev–Trinajstić information content (AvgIpc) is 3.04. The molecule has 8 N–H and O–H groups in total. The summed E-state index contributed by atoms with van der Waals surface area (Å²) < 4.78 is 0. The number of hydrogen-bond donors (Lipinski definition) is 7. The molecule has 0 spiro atoms. The Morgan fingerprint density at radius 1 is 0.600 bits per heavy atom. The number of phenols is 6. The van der Waals surface area contributed by atoms with E-state index in [1.54, 1.807) is 68.4 Å². The first-order valence-corrected chi connectivity index (χ1v) is 15.9. The topological polar surface area (TPSA) is 185 Å². The highest BCUT2D eigenvalue weighted by Gasteiger charge is 2.29. The van der Waals surface area contributed by atoms with Gasteiger partial charge in [-0.3, -0.25) is 9.59 Å². The summed E-state index contributed by atoms with van der Waals surface area (Å²) in [5, 5.41) is 67.2. The van der Waals surface area contributed by atoms with Crippen LogP contribution in [0.15, 0.2) is 72.8 Å². The molecule has 10 nitrogen and oxygen atoms in total. The third kappa shape index (κ3) is 5.89. The van der Waals surface area contributed by atoms with Gasteiger partial charge in [-0.25, -0.2) is 0 Å². The normalized spacial score (nSPS) is 11.3. The van der Waals surface area contributed by atoms with Gasteiger partial charge in [-0.15, -0.1) is 0 Å². The van der Waals surface area contributed by atoms with Gasteiger partial charge in [0.2, 0.25) is 0 Å². The van der Waals surface area contributed by atoms with Crippen LogP contribution in [0.3, 0.4) is 0 Å². The number of aryl methyl sites for hydroxylation is 2. The number of amides is 2. The van der Waals surface area contributed by atoms with Gasteiger partial charge in [0.05, 0.1) is 11.1 Å². The Balaban J connectivity index is 1.56. The van der Waals surface area contributed by atoms with Crippen molar-refractivity contribution in [2.45, 2.75) is 26.9 Å². The van der Waals surface area contributed by atoms with Crippen LogP contribution in [0.5, 0.6) is 34.5 Å². The summed E-state index contributed by atoms with van der Waals surface area (Å²) in [5.74, 6) is -5.40. The highest BCUT2D eigenvalue weighted by Crippen LogP contribution is 2.51. The number of hydrogen-bond acceptors (Lipinski definition) is 8. The van der Waals surface area contributed by atoms with Crippen LogP contribution < -0.4 is 5.73 Å². The minimum absolute atomic E-state index is 0.0139. The summed E-state index contributed by atoms with van der Waals surface area (Å²) in [6, 6.07) is 19.1. The summed E-state index contributed by atoms with van der Waals surface area (Å²) >= 11 is 12.5. The maximum absolute atomic E-state index is 14.5. The number of primary amides is 1. The third-order valence-corrected chi connectivity index (χ3v) is 9.13. The van der Waals surface area contributed by atoms with Gasteiger partial charge in [-0.1, -0.05) is 47.5 Å².